The predicted molar refractivity (Wildman–Crippen MR) is 72.4 cm³/mol. The van der Waals surface area contributed by atoms with Crippen molar-refractivity contribution in [2.45, 2.75) is 51.2 Å². The molecule has 0 aromatic heterocycles. The lowest BCUT2D eigenvalue weighted by molar-refractivity contribution is -0.242. The molecule has 4 aliphatic rings. The maximum atomic E-state index is 12.4. The molecule has 1 spiro atoms. The van der Waals surface area contributed by atoms with E-state index < -0.39 is 5.72 Å². The molecule has 3 fully saturated rings. The van der Waals surface area contributed by atoms with Crippen molar-refractivity contribution in [3.05, 3.63) is 11.6 Å². The summed E-state index contributed by atoms with van der Waals surface area (Å²) < 4.78 is 0. The van der Waals surface area contributed by atoms with Gasteiger partial charge in [-0.15, -0.1) is 0 Å². The standard InChI is InChI=1S/C16H23NO2/c1-11-8-12-9-14(18)13-4-2-6-17-7-3-5-15(12,13)16(17,19)10-11/h4,11-12,19H,2-3,5-10H2,1H3/t11-,12-,15-,16+/m0/s1. The minimum atomic E-state index is -0.748. The summed E-state index contributed by atoms with van der Waals surface area (Å²) >= 11 is 0. The van der Waals surface area contributed by atoms with Crippen LogP contribution in [0.3, 0.4) is 0 Å². The Morgan fingerprint density at radius 3 is 3.11 bits per heavy atom. The van der Waals surface area contributed by atoms with Crippen molar-refractivity contribution >= 4 is 5.78 Å². The zero-order valence-corrected chi connectivity index (χ0v) is 11.7. The second kappa shape index (κ2) is 3.70. The number of carbonyl (C=O) groups is 1. The molecule has 2 bridgehead atoms. The Morgan fingerprint density at radius 2 is 2.26 bits per heavy atom. The predicted octanol–water partition coefficient (Wildman–Crippen LogP) is 2.11. The quantitative estimate of drug-likeness (QED) is 0.726. The summed E-state index contributed by atoms with van der Waals surface area (Å²) in [7, 11) is 0. The van der Waals surface area contributed by atoms with Gasteiger partial charge in [-0.05, 0) is 43.9 Å². The first kappa shape index (κ1) is 12.1. The molecule has 1 saturated heterocycles. The normalized spacial score (nSPS) is 52.4. The number of piperidine rings is 1. The fraction of sp³-hybridized carbons (Fsp3) is 0.812. The van der Waals surface area contributed by atoms with E-state index in [0.717, 1.165) is 50.8 Å². The molecule has 0 amide bonds. The third-order valence-electron chi connectivity index (χ3n) is 6.21. The zero-order valence-electron chi connectivity index (χ0n) is 11.7. The molecular formula is C16H23NO2. The van der Waals surface area contributed by atoms with Crippen molar-refractivity contribution in [2.75, 3.05) is 13.1 Å². The molecule has 0 radical (unpaired) electrons. The maximum absolute atomic E-state index is 12.4. The number of nitrogens with zero attached hydrogens (tertiary/aromatic N) is 1. The van der Waals surface area contributed by atoms with E-state index in [-0.39, 0.29) is 5.41 Å². The van der Waals surface area contributed by atoms with Crippen LogP contribution in [-0.2, 0) is 4.79 Å². The summed E-state index contributed by atoms with van der Waals surface area (Å²) in [5, 5.41) is 11.5. The Morgan fingerprint density at radius 1 is 1.42 bits per heavy atom. The molecule has 2 heterocycles. The van der Waals surface area contributed by atoms with Crippen molar-refractivity contribution < 1.29 is 9.90 Å². The van der Waals surface area contributed by atoms with E-state index in [1.165, 1.54) is 0 Å². The lowest BCUT2D eigenvalue weighted by atomic mass is 9.55. The number of ketones is 1. The first-order chi connectivity index (χ1) is 9.08. The minimum absolute atomic E-state index is 0.231. The monoisotopic (exact) mass is 261 g/mol. The van der Waals surface area contributed by atoms with E-state index in [9.17, 15) is 9.90 Å². The van der Waals surface area contributed by atoms with Crippen molar-refractivity contribution in [1.29, 1.82) is 0 Å². The molecule has 1 N–H and O–H groups in total. The molecule has 19 heavy (non-hydrogen) atoms. The maximum Gasteiger partial charge on any atom is 0.159 e. The molecular weight excluding hydrogens is 238 g/mol. The van der Waals surface area contributed by atoms with E-state index >= 15 is 0 Å². The highest BCUT2D eigenvalue weighted by Crippen LogP contribution is 2.65. The van der Waals surface area contributed by atoms with Gasteiger partial charge in [0.15, 0.2) is 5.78 Å². The molecule has 3 heteroatoms. The third-order valence-corrected chi connectivity index (χ3v) is 6.21. The van der Waals surface area contributed by atoms with E-state index in [0.29, 0.717) is 24.0 Å². The van der Waals surface area contributed by atoms with Crippen LogP contribution in [0.2, 0.25) is 0 Å². The van der Waals surface area contributed by atoms with Crippen LogP contribution in [0.5, 0.6) is 0 Å². The number of aliphatic hydroxyl groups is 1. The zero-order chi connectivity index (χ0) is 13.3. The summed E-state index contributed by atoms with van der Waals surface area (Å²) in [4.78, 5) is 14.7. The second-order valence-corrected chi connectivity index (χ2v) is 7.15. The first-order valence-electron chi connectivity index (χ1n) is 7.79. The molecule has 0 aromatic carbocycles. The second-order valence-electron chi connectivity index (χ2n) is 7.15. The van der Waals surface area contributed by atoms with Crippen LogP contribution < -0.4 is 0 Å². The largest absolute Gasteiger partial charge is 0.375 e. The molecule has 2 aliphatic heterocycles. The summed E-state index contributed by atoms with van der Waals surface area (Å²) in [6.07, 6.45) is 7.84. The minimum Gasteiger partial charge on any atom is -0.375 e. The van der Waals surface area contributed by atoms with Gasteiger partial charge in [-0.1, -0.05) is 13.0 Å². The van der Waals surface area contributed by atoms with Crippen LogP contribution in [0.25, 0.3) is 0 Å². The van der Waals surface area contributed by atoms with Crippen molar-refractivity contribution in [3.8, 4) is 0 Å². The van der Waals surface area contributed by atoms with E-state index in [4.69, 9.17) is 0 Å². The van der Waals surface area contributed by atoms with Crippen LogP contribution >= 0.6 is 0 Å². The van der Waals surface area contributed by atoms with Gasteiger partial charge in [0.05, 0.1) is 0 Å². The van der Waals surface area contributed by atoms with Gasteiger partial charge in [0, 0.05) is 30.5 Å². The molecule has 5 atom stereocenters. The van der Waals surface area contributed by atoms with Crippen LogP contribution in [0.1, 0.15) is 45.4 Å². The molecule has 0 aromatic rings. The Balaban J connectivity index is 1.94. The highest BCUT2D eigenvalue weighted by atomic mass is 16.3. The molecule has 2 aliphatic carbocycles. The van der Waals surface area contributed by atoms with Crippen molar-refractivity contribution in [1.82, 2.24) is 4.90 Å². The summed E-state index contributed by atoms with van der Waals surface area (Å²) in [6, 6.07) is 0. The van der Waals surface area contributed by atoms with Crippen LogP contribution in [0, 0.1) is 17.3 Å². The van der Waals surface area contributed by atoms with Crippen molar-refractivity contribution in [2.24, 2.45) is 17.3 Å². The van der Waals surface area contributed by atoms with Gasteiger partial charge in [0.25, 0.3) is 0 Å². The van der Waals surface area contributed by atoms with Gasteiger partial charge < -0.3 is 5.11 Å². The Labute approximate surface area is 114 Å². The number of rotatable bonds is 0. The summed E-state index contributed by atoms with van der Waals surface area (Å²) in [5.41, 5.74) is 0.0158. The van der Waals surface area contributed by atoms with Crippen molar-refractivity contribution in [3.63, 3.8) is 0 Å². The third kappa shape index (κ3) is 1.28. The van der Waals surface area contributed by atoms with Gasteiger partial charge in [-0.2, -0.15) is 0 Å². The Kier molecular flexibility index (Phi) is 2.36. The highest BCUT2D eigenvalue weighted by molar-refractivity contribution is 6.00. The summed E-state index contributed by atoms with van der Waals surface area (Å²) in [6.45, 7) is 4.14. The van der Waals surface area contributed by atoms with E-state index in [1.54, 1.807) is 0 Å². The highest BCUT2D eigenvalue weighted by Gasteiger charge is 2.68. The van der Waals surface area contributed by atoms with Crippen LogP contribution in [-0.4, -0.2) is 34.6 Å². The fourth-order valence-corrected chi connectivity index (χ4v) is 5.68. The Bertz CT molecular complexity index is 471. The van der Waals surface area contributed by atoms with Gasteiger partial charge in [-0.25, -0.2) is 0 Å². The number of hydrogen-bond donors (Lipinski definition) is 1. The first-order valence-corrected chi connectivity index (χ1v) is 7.79. The average molecular weight is 261 g/mol. The van der Waals surface area contributed by atoms with Gasteiger partial charge in [0.1, 0.15) is 5.72 Å². The van der Waals surface area contributed by atoms with Gasteiger partial charge in [-0.3, -0.25) is 9.69 Å². The number of carbonyl (C=O) groups excluding carboxylic acids is 1. The topological polar surface area (TPSA) is 40.5 Å². The lowest BCUT2D eigenvalue weighted by Gasteiger charge is -2.60. The lowest BCUT2D eigenvalue weighted by Crippen LogP contribution is -2.67. The van der Waals surface area contributed by atoms with Gasteiger partial charge >= 0.3 is 0 Å². The van der Waals surface area contributed by atoms with E-state index in [2.05, 4.69) is 17.9 Å². The molecule has 104 valence electrons. The van der Waals surface area contributed by atoms with Crippen LogP contribution in [0.15, 0.2) is 11.6 Å². The SMILES string of the molecule is C[C@H]1C[C@H]2CC(=O)C3=CCCN4CCC[C@@]32[C@]4(O)C1. The molecule has 3 nitrogen and oxygen atoms in total. The molecule has 4 rings (SSSR count). The smallest absolute Gasteiger partial charge is 0.159 e. The molecule has 1 unspecified atom stereocenters. The fourth-order valence-electron chi connectivity index (χ4n) is 5.68. The van der Waals surface area contributed by atoms with Crippen LogP contribution in [0.4, 0.5) is 0 Å². The van der Waals surface area contributed by atoms with E-state index in [1.807, 2.05) is 0 Å². The van der Waals surface area contributed by atoms with Gasteiger partial charge in [0.2, 0.25) is 0 Å². The Hall–Kier alpha value is -0.670. The number of hydrogen-bond acceptors (Lipinski definition) is 3. The molecule has 2 saturated carbocycles. The summed E-state index contributed by atoms with van der Waals surface area (Å²) in [5.74, 6) is 1.22. The average Bonchev–Trinajstić information content (AvgIpc) is 2.59. The number of Topliss-reactive ketones (excluding diaryl/α,β-unsaturated/α-hetero) is 1.